The van der Waals surface area contributed by atoms with Crippen LogP contribution in [0.1, 0.15) is 0 Å². The Morgan fingerprint density at radius 1 is 0.161 bits per heavy atom. The van der Waals surface area contributed by atoms with Gasteiger partial charge in [0.05, 0.1) is 38.0 Å². The van der Waals surface area contributed by atoms with Crippen LogP contribution in [0, 0.1) is 0 Å². The maximum absolute atomic E-state index is 5.15. The summed E-state index contributed by atoms with van der Waals surface area (Å²) in [5.74, 6) is 3.83. The summed E-state index contributed by atoms with van der Waals surface area (Å²) in [5, 5.41) is 7.22. The van der Waals surface area contributed by atoms with Crippen molar-refractivity contribution >= 4 is 84.8 Å². The minimum atomic E-state index is 0.634. The van der Waals surface area contributed by atoms with Crippen molar-refractivity contribution in [1.29, 1.82) is 0 Å². The third-order valence-electron chi connectivity index (χ3n) is 21.8. The van der Waals surface area contributed by atoms with Gasteiger partial charge in [0.1, 0.15) is 0 Å². The van der Waals surface area contributed by atoms with Crippen LogP contribution < -0.4 is 0 Å². The molecule has 0 unspecified atom stereocenters. The summed E-state index contributed by atoms with van der Waals surface area (Å²) in [6.07, 6.45) is 7.48. The zero-order chi connectivity index (χ0) is 78.2. The first-order valence-electron chi connectivity index (χ1n) is 39.1. The molecule has 10 nitrogen and oxygen atoms in total. The molecule has 552 valence electrons. The molecular formula is C106H66N10S2. The second-order valence-electron chi connectivity index (χ2n) is 29.0. The highest BCUT2D eigenvalue weighted by molar-refractivity contribution is 7.27. The van der Waals surface area contributed by atoms with Crippen LogP contribution in [0.5, 0.6) is 0 Å². The highest BCUT2D eigenvalue weighted by atomic mass is 32.1. The number of aromatic nitrogens is 10. The van der Waals surface area contributed by atoms with Crippen LogP contribution in [0.2, 0.25) is 0 Å². The highest BCUT2D eigenvalue weighted by Gasteiger charge is 2.21. The Balaban J connectivity index is 0.000000147. The van der Waals surface area contributed by atoms with E-state index in [1.807, 2.05) is 104 Å². The third-order valence-corrected chi connectivity index (χ3v) is 24.1. The lowest BCUT2D eigenvalue weighted by Crippen LogP contribution is -2.00. The summed E-state index contributed by atoms with van der Waals surface area (Å²) < 4.78 is 4.91. The van der Waals surface area contributed by atoms with Crippen molar-refractivity contribution in [2.45, 2.75) is 0 Å². The number of nitrogens with zero attached hydrogens (tertiary/aromatic N) is 10. The average Bonchev–Trinajstić information content (AvgIpc) is 1.57. The molecular weight excluding hydrogens is 1480 g/mol. The van der Waals surface area contributed by atoms with Gasteiger partial charge in [0.2, 0.25) is 0 Å². The molecule has 8 heterocycles. The average molecular weight is 1540 g/mol. The number of thiophene rings is 2. The van der Waals surface area contributed by atoms with Crippen molar-refractivity contribution in [2.75, 3.05) is 0 Å². The van der Waals surface area contributed by atoms with Gasteiger partial charge < -0.3 is 0 Å². The van der Waals surface area contributed by atoms with Crippen LogP contribution >= 0.6 is 22.7 Å². The lowest BCUT2D eigenvalue weighted by atomic mass is 9.98. The van der Waals surface area contributed by atoms with E-state index in [-0.39, 0.29) is 0 Å². The van der Waals surface area contributed by atoms with E-state index in [9.17, 15) is 0 Å². The second-order valence-corrected chi connectivity index (χ2v) is 31.1. The molecule has 118 heavy (non-hydrogen) atoms. The Morgan fingerprint density at radius 3 is 0.729 bits per heavy atom. The van der Waals surface area contributed by atoms with Gasteiger partial charge in [0, 0.05) is 105 Å². The van der Waals surface area contributed by atoms with Gasteiger partial charge >= 0.3 is 0 Å². The van der Waals surface area contributed by atoms with E-state index in [1.165, 1.54) is 51.5 Å². The fourth-order valence-electron chi connectivity index (χ4n) is 15.6. The van der Waals surface area contributed by atoms with Crippen molar-refractivity contribution < 1.29 is 0 Å². The van der Waals surface area contributed by atoms with Gasteiger partial charge in [0.25, 0.3) is 0 Å². The van der Waals surface area contributed by atoms with Gasteiger partial charge in [-0.2, -0.15) is 0 Å². The molecule has 0 amide bonds. The monoisotopic (exact) mass is 1540 g/mol. The number of pyridine rings is 4. The molecule has 0 aliphatic heterocycles. The van der Waals surface area contributed by atoms with Crippen molar-refractivity contribution in [3.63, 3.8) is 0 Å². The summed E-state index contributed by atoms with van der Waals surface area (Å²) in [6, 6.07) is 131. The molecule has 0 spiro atoms. The first-order valence-corrected chi connectivity index (χ1v) is 40.7. The van der Waals surface area contributed by atoms with Crippen molar-refractivity contribution in [3.05, 3.63) is 401 Å². The molecule has 0 atom stereocenters. The Kier molecular flexibility index (Phi) is 18.4. The fourth-order valence-corrected chi connectivity index (χ4v) is 18.1. The predicted molar refractivity (Wildman–Crippen MR) is 488 cm³/mol. The van der Waals surface area contributed by atoms with Crippen LogP contribution in [0.3, 0.4) is 0 Å². The molecule has 12 heteroatoms. The summed E-state index contributed by atoms with van der Waals surface area (Å²) in [7, 11) is 0. The van der Waals surface area contributed by atoms with Gasteiger partial charge in [-0.25, -0.2) is 39.9 Å². The smallest absolute Gasteiger partial charge is 0.164 e. The molecule has 0 bridgehead atoms. The normalized spacial score (nSPS) is 11.4. The Bertz CT molecular complexity index is 6990. The van der Waals surface area contributed by atoms with Crippen molar-refractivity contribution in [3.8, 4) is 158 Å². The van der Waals surface area contributed by atoms with Crippen molar-refractivity contribution in [2.24, 2.45) is 0 Å². The second kappa shape index (κ2) is 30.9. The van der Waals surface area contributed by atoms with Crippen LogP contribution in [0.4, 0.5) is 0 Å². The Labute approximate surface area is 688 Å². The van der Waals surface area contributed by atoms with Crippen LogP contribution in [-0.4, -0.2) is 49.8 Å². The number of fused-ring (bicyclic) bond motifs is 10. The third kappa shape index (κ3) is 13.9. The quantitative estimate of drug-likeness (QED) is 0.104. The fraction of sp³-hybridized carbons (Fsp3) is 0. The van der Waals surface area contributed by atoms with Gasteiger partial charge in [-0.3, -0.25) is 9.97 Å². The lowest BCUT2D eigenvalue weighted by molar-refractivity contribution is 1.07. The summed E-state index contributed by atoms with van der Waals surface area (Å²) in [6.45, 7) is 0. The number of benzene rings is 14. The summed E-state index contributed by atoms with van der Waals surface area (Å²) in [5.41, 5.74) is 25.5. The molecule has 0 saturated carbocycles. The SMILES string of the molecule is c1ccc(-c2ccc(-c3nc(-c4ccccc4)nc(-c4ccc(-c5ccc(-c6ccc(-c7nc8ccncc8c8c7sc7ccccc78)cc6)cc5)cc4)n3)cc2)cc1.c1ccc(-c2ccc(-c3nc(-c4ccccc4)nc(-c4ccc(-c5ccc(-c6ccc(-c7nc8cnccc8c8c7sc7ccccc78)cc6)cc5)cc4)n3)cc2)cc1. The molecule has 14 aromatic carbocycles. The minimum Gasteiger partial charge on any atom is -0.264 e. The molecule has 0 radical (unpaired) electrons. The van der Waals surface area contributed by atoms with Crippen LogP contribution in [0.25, 0.3) is 220 Å². The van der Waals surface area contributed by atoms with Crippen LogP contribution in [-0.2, 0) is 0 Å². The van der Waals surface area contributed by atoms with E-state index < -0.39 is 0 Å². The molecule has 0 aliphatic rings. The van der Waals surface area contributed by atoms with E-state index in [2.05, 4.69) is 307 Å². The van der Waals surface area contributed by atoms with Gasteiger partial charge in [-0.05, 0) is 91.0 Å². The zero-order valence-electron chi connectivity index (χ0n) is 63.4. The molecule has 8 aromatic heterocycles. The highest BCUT2D eigenvalue weighted by Crippen LogP contribution is 2.46. The molecule has 0 fully saturated rings. The van der Waals surface area contributed by atoms with E-state index in [0.29, 0.717) is 34.9 Å². The summed E-state index contributed by atoms with van der Waals surface area (Å²) >= 11 is 3.60. The zero-order valence-corrected chi connectivity index (χ0v) is 65.0. The molecule has 0 aliphatic carbocycles. The van der Waals surface area contributed by atoms with Crippen LogP contribution in [0.15, 0.2) is 401 Å². The minimum absolute atomic E-state index is 0.634. The lowest BCUT2D eigenvalue weighted by Gasteiger charge is -2.10. The predicted octanol–water partition coefficient (Wildman–Crippen LogP) is 27.7. The summed E-state index contributed by atoms with van der Waals surface area (Å²) in [4.78, 5) is 48.8. The first kappa shape index (κ1) is 70.5. The number of rotatable bonds is 14. The number of hydrogen-bond donors (Lipinski definition) is 0. The molecule has 0 N–H and O–H groups in total. The molecule has 0 saturated heterocycles. The number of hydrogen-bond acceptors (Lipinski definition) is 12. The standard InChI is InChI=1S/2C53H33N5S/c1-3-9-34(10-4-1)35-21-27-42(28-22-35)52-56-51(41-11-5-2-6-12-41)57-53(58-52)43-29-23-39(24-30-43)37-17-15-36(16-18-37)38-19-25-40(26-20-38)49-50-48(44-31-32-54-33-46(44)55-49)45-13-7-8-14-47(45)59-50;1-3-9-34(10-4-1)35-21-27-42(28-22-35)52-56-51(41-11-5-2-6-12-41)57-53(58-52)43-29-23-39(24-30-43)37-17-15-36(16-18-37)38-19-25-40(26-20-38)49-50-48(44-13-7-8-14-47(44)59-50)45-33-54-32-31-46(45)55-49/h2*1-33H. The Hall–Kier alpha value is -15.3. The van der Waals surface area contributed by atoms with Crippen molar-refractivity contribution in [1.82, 2.24) is 49.8 Å². The van der Waals surface area contributed by atoms with Gasteiger partial charge in [-0.15, -0.1) is 22.7 Å². The maximum atomic E-state index is 5.15. The van der Waals surface area contributed by atoms with E-state index in [1.54, 1.807) is 22.7 Å². The van der Waals surface area contributed by atoms with Gasteiger partial charge in [-0.1, -0.05) is 352 Å². The van der Waals surface area contributed by atoms with E-state index in [0.717, 1.165) is 133 Å². The first-order chi connectivity index (χ1) is 58.4. The van der Waals surface area contributed by atoms with Gasteiger partial charge in [0.15, 0.2) is 34.9 Å². The molecule has 22 rings (SSSR count). The van der Waals surface area contributed by atoms with E-state index >= 15 is 0 Å². The Morgan fingerprint density at radius 2 is 0.398 bits per heavy atom. The van der Waals surface area contributed by atoms with E-state index in [4.69, 9.17) is 39.9 Å². The largest absolute Gasteiger partial charge is 0.264 e. The topological polar surface area (TPSA) is 129 Å². The molecule has 22 aromatic rings. The maximum Gasteiger partial charge on any atom is 0.164 e.